The number of rotatable bonds is 2. The molecule has 0 heteroatoms. The summed E-state index contributed by atoms with van der Waals surface area (Å²) < 4.78 is 0. The highest BCUT2D eigenvalue weighted by Crippen LogP contribution is 2.62. The molecule has 0 unspecified atom stereocenters. The van der Waals surface area contributed by atoms with Crippen LogP contribution in [-0.2, 0) is 5.41 Å². The largest absolute Gasteiger partial charge is 0.0725 e. The fourth-order valence-electron chi connectivity index (χ4n) is 6.87. The number of fused-ring (bicyclic) bond motifs is 10. The van der Waals surface area contributed by atoms with Gasteiger partial charge in [-0.1, -0.05) is 140 Å². The summed E-state index contributed by atoms with van der Waals surface area (Å²) in [6.45, 7) is 0. The third-order valence-corrected chi connectivity index (χ3v) is 8.32. The normalized spacial score (nSPS) is 13.6. The van der Waals surface area contributed by atoms with Gasteiger partial charge in [0.15, 0.2) is 0 Å². The minimum Gasteiger partial charge on any atom is -0.0622 e. The van der Waals surface area contributed by atoms with Crippen molar-refractivity contribution in [2.24, 2.45) is 0 Å². The zero-order chi connectivity index (χ0) is 24.4. The zero-order valence-corrected chi connectivity index (χ0v) is 20.4. The predicted molar refractivity (Wildman–Crippen MR) is 154 cm³/mol. The topological polar surface area (TPSA) is 0 Å². The Labute approximate surface area is 217 Å². The third kappa shape index (κ3) is 2.68. The molecule has 0 atom stereocenters. The Hall–Kier alpha value is -4.68. The molecule has 0 aliphatic heterocycles. The van der Waals surface area contributed by atoms with Crippen LogP contribution in [0.2, 0.25) is 0 Å². The van der Waals surface area contributed by atoms with Crippen LogP contribution in [0.3, 0.4) is 0 Å². The zero-order valence-electron chi connectivity index (χ0n) is 20.4. The van der Waals surface area contributed by atoms with Gasteiger partial charge in [0, 0.05) is 0 Å². The van der Waals surface area contributed by atoms with E-state index in [1.54, 1.807) is 0 Å². The average molecular weight is 469 g/mol. The summed E-state index contributed by atoms with van der Waals surface area (Å²) in [6, 6.07) is 53.6. The van der Waals surface area contributed by atoms with Crippen molar-refractivity contribution in [3.8, 4) is 44.5 Å². The molecule has 0 saturated heterocycles. The molecule has 0 amide bonds. The van der Waals surface area contributed by atoms with Crippen LogP contribution in [0.25, 0.3) is 44.5 Å². The second kappa shape index (κ2) is 7.66. The van der Waals surface area contributed by atoms with E-state index >= 15 is 0 Å². The average Bonchev–Trinajstić information content (AvgIpc) is 3.45. The first-order valence-electron chi connectivity index (χ1n) is 13.0. The van der Waals surface area contributed by atoms with Gasteiger partial charge in [-0.3, -0.25) is 0 Å². The molecular formula is C37H24. The van der Waals surface area contributed by atoms with E-state index in [1.165, 1.54) is 66.8 Å². The van der Waals surface area contributed by atoms with Crippen LogP contribution in [0.1, 0.15) is 22.3 Å². The van der Waals surface area contributed by atoms with E-state index in [2.05, 4.69) is 146 Å². The van der Waals surface area contributed by atoms with Crippen molar-refractivity contribution < 1.29 is 0 Å². The quantitative estimate of drug-likeness (QED) is 0.237. The summed E-state index contributed by atoms with van der Waals surface area (Å²) in [7, 11) is 0. The number of hydrogen-bond acceptors (Lipinski definition) is 0. The van der Waals surface area contributed by atoms with E-state index in [0.717, 1.165) is 0 Å². The third-order valence-electron chi connectivity index (χ3n) is 8.32. The van der Waals surface area contributed by atoms with E-state index < -0.39 is 0 Å². The molecule has 6 aromatic carbocycles. The molecule has 0 N–H and O–H groups in total. The lowest BCUT2D eigenvalue weighted by Crippen LogP contribution is -2.25. The Bertz CT molecular complexity index is 1780. The van der Waals surface area contributed by atoms with Gasteiger partial charge in [-0.25, -0.2) is 0 Å². The molecule has 2 aliphatic rings. The first kappa shape index (κ1) is 20.5. The van der Waals surface area contributed by atoms with Crippen molar-refractivity contribution in [3.05, 3.63) is 168 Å². The van der Waals surface area contributed by atoms with Gasteiger partial charge in [-0.2, -0.15) is 0 Å². The minimum atomic E-state index is -0.281. The van der Waals surface area contributed by atoms with Crippen LogP contribution < -0.4 is 0 Å². The number of hydrogen-bond donors (Lipinski definition) is 0. The van der Waals surface area contributed by atoms with Crippen LogP contribution >= 0.6 is 0 Å². The van der Waals surface area contributed by atoms with E-state index in [-0.39, 0.29) is 5.41 Å². The monoisotopic (exact) mass is 468 g/mol. The second-order valence-corrected chi connectivity index (χ2v) is 10.1. The van der Waals surface area contributed by atoms with Crippen molar-refractivity contribution in [1.82, 2.24) is 0 Å². The van der Waals surface area contributed by atoms with Gasteiger partial charge in [0.25, 0.3) is 0 Å². The lowest BCUT2D eigenvalue weighted by Gasteiger charge is -2.30. The molecule has 0 heterocycles. The number of benzene rings is 6. The molecule has 0 saturated carbocycles. The van der Waals surface area contributed by atoms with Gasteiger partial charge in [0.05, 0.1) is 5.41 Å². The van der Waals surface area contributed by atoms with Gasteiger partial charge in [0.2, 0.25) is 0 Å². The highest BCUT2D eigenvalue weighted by Gasteiger charge is 2.51. The van der Waals surface area contributed by atoms with Crippen LogP contribution in [0.15, 0.2) is 146 Å². The van der Waals surface area contributed by atoms with Crippen LogP contribution in [0, 0.1) is 0 Å². The van der Waals surface area contributed by atoms with E-state index in [1.807, 2.05) is 0 Å². The van der Waals surface area contributed by atoms with Crippen LogP contribution in [0.5, 0.6) is 0 Å². The van der Waals surface area contributed by atoms with Crippen molar-refractivity contribution in [2.75, 3.05) is 0 Å². The molecule has 6 aromatic rings. The fraction of sp³-hybridized carbons (Fsp3) is 0.0270. The molecule has 172 valence electrons. The van der Waals surface area contributed by atoms with Gasteiger partial charge in [0.1, 0.15) is 0 Å². The van der Waals surface area contributed by atoms with E-state index in [0.29, 0.717) is 0 Å². The SMILES string of the molecule is c1ccc(-c2ccccc2-c2ccc3c(c2)-c2ccccc2C32c3ccccc3-c3ccccc32)cc1. The fourth-order valence-corrected chi connectivity index (χ4v) is 6.87. The maximum atomic E-state index is 2.42. The van der Waals surface area contributed by atoms with Crippen molar-refractivity contribution in [1.29, 1.82) is 0 Å². The summed E-state index contributed by atoms with van der Waals surface area (Å²) >= 11 is 0. The van der Waals surface area contributed by atoms with Crippen molar-refractivity contribution in [3.63, 3.8) is 0 Å². The summed E-state index contributed by atoms with van der Waals surface area (Å²) in [5.41, 5.74) is 15.7. The summed E-state index contributed by atoms with van der Waals surface area (Å²) in [6.07, 6.45) is 0. The van der Waals surface area contributed by atoms with Crippen molar-refractivity contribution in [2.45, 2.75) is 5.41 Å². The van der Waals surface area contributed by atoms with E-state index in [4.69, 9.17) is 0 Å². The Morgan fingerprint density at radius 1 is 0.270 bits per heavy atom. The van der Waals surface area contributed by atoms with E-state index in [9.17, 15) is 0 Å². The lowest BCUT2D eigenvalue weighted by atomic mass is 9.70. The maximum Gasteiger partial charge on any atom is 0.0725 e. The van der Waals surface area contributed by atoms with Gasteiger partial charge in [-0.15, -0.1) is 0 Å². The molecule has 0 fully saturated rings. The molecule has 0 nitrogen and oxygen atoms in total. The second-order valence-electron chi connectivity index (χ2n) is 10.1. The maximum absolute atomic E-state index is 2.42. The standard InChI is InChI=1S/C37H24/c1-2-12-25(13-3-1)27-14-4-5-15-28(27)26-22-23-36-32(24-26)31-18-8-11-21-35(31)37(36)33-19-9-6-16-29(33)30-17-7-10-20-34(30)37/h1-24H. The summed E-state index contributed by atoms with van der Waals surface area (Å²) in [5, 5.41) is 0. The highest BCUT2D eigenvalue weighted by molar-refractivity contribution is 5.96. The molecule has 37 heavy (non-hydrogen) atoms. The summed E-state index contributed by atoms with van der Waals surface area (Å²) in [5.74, 6) is 0. The Morgan fingerprint density at radius 2 is 0.676 bits per heavy atom. The first-order valence-corrected chi connectivity index (χ1v) is 13.0. The highest BCUT2D eigenvalue weighted by atomic mass is 14.5. The summed E-state index contributed by atoms with van der Waals surface area (Å²) in [4.78, 5) is 0. The van der Waals surface area contributed by atoms with Gasteiger partial charge in [-0.05, 0) is 72.8 Å². The minimum absolute atomic E-state index is 0.281. The van der Waals surface area contributed by atoms with Crippen molar-refractivity contribution >= 4 is 0 Å². The Kier molecular flexibility index (Phi) is 4.24. The molecule has 2 aliphatic carbocycles. The molecule has 1 spiro atoms. The molecule has 0 bridgehead atoms. The van der Waals surface area contributed by atoms with Gasteiger partial charge >= 0.3 is 0 Å². The molecule has 0 aromatic heterocycles. The predicted octanol–water partition coefficient (Wildman–Crippen LogP) is 9.36. The smallest absolute Gasteiger partial charge is 0.0622 e. The molecule has 0 radical (unpaired) electrons. The lowest BCUT2D eigenvalue weighted by molar-refractivity contribution is 0.794. The Morgan fingerprint density at radius 3 is 1.24 bits per heavy atom. The Balaban J connectivity index is 1.43. The molecule has 8 rings (SSSR count). The van der Waals surface area contributed by atoms with Crippen LogP contribution in [0.4, 0.5) is 0 Å². The van der Waals surface area contributed by atoms with Gasteiger partial charge < -0.3 is 0 Å². The molecular weight excluding hydrogens is 444 g/mol. The first-order chi connectivity index (χ1) is 18.4. The van der Waals surface area contributed by atoms with Crippen LogP contribution in [-0.4, -0.2) is 0 Å².